The number of hydrogen-bond donors (Lipinski definition) is 2. The first-order valence-corrected chi connectivity index (χ1v) is 7.66. The summed E-state index contributed by atoms with van der Waals surface area (Å²) in [5.74, 6) is -1.71. The van der Waals surface area contributed by atoms with Gasteiger partial charge in [-0.3, -0.25) is 4.79 Å². The molecule has 0 spiro atoms. The zero-order chi connectivity index (χ0) is 15.0. The van der Waals surface area contributed by atoms with Crippen LogP contribution in [0.5, 0.6) is 0 Å². The standard InChI is InChI=1S/C10H14N4O5S/c1-10(2-3-20(18,19)6-10)11-8(15)5-14-4-7(9(16)17)12-13-14/h4H,2-3,5-6H2,1H3,(H,11,15)(H,16,17). The molecule has 2 N–H and O–H groups in total. The highest BCUT2D eigenvalue weighted by Crippen LogP contribution is 2.22. The lowest BCUT2D eigenvalue weighted by molar-refractivity contribution is -0.123. The van der Waals surface area contributed by atoms with Gasteiger partial charge in [-0.2, -0.15) is 0 Å². The number of carboxylic acid groups (broad SMARTS) is 1. The number of amides is 1. The Hall–Kier alpha value is -1.97. The van der Waals surface area contributed by atoms with E-state index in [2.05, 4.69) is 15.6 Å². The van der Waals surface area contributed by atoms with Crippen molar-refractivity contribution in [2.45, 2.75) is 25.4 Å². The minimum Gasteiger partial charge on any atom is -0.476 e. The third-order valence-electron chi connectivity index (χ3n) is 3.01. The fourth-order valence-electron chi connectivity index (χ4n) is 2.11. The Bertz CT molecular complexity index is 652. The Balaban J connectivity index is 1.97. The lowest BCUT2D eigenvalue weighted by Gasteiger charge is -2.23. The van der Waals surface area contributed by atoms with Gasteiger partial charge < -0.3 is 10.4 Å². The van der Waals surface area contributed by atoms with Gasteiger partial charge in [-0.15, -0.1) is 5.10 Å². The highest BCUT2D eigenvalue weighted by Gasteiger charge is 2.39. The topological polar surface area (TPSA) is 131 Å². The first kappa shape index (κ1) is 14.4. The molecule has 20 heavy (non-hydrogen) atoms. The molecule has 10 heteroatoms. The highest BCUT2D eigenvalue weighted by molar-refractivity contribution is 7.91. The number of rotatable bonds is 4. The molecular formula is C10H14N4O5S. The van der Waals surface area contributed by atoms with Gasteiger partial charge in [0.2, 0.25) is 5.91 Å². The molecule has 1 fully saturated rings. The molecular weight excluding hydrogens is 288 g/mol. The van der Waals surface area contributed by atoms with Crippen LogP contribution in [-0.2, 0) is 21.2 Å². The molecule has 1 unspecified atom stereocenters. The van der Waals surface area contributed by atoms with Crippen molar-refractivity contribution in [3.8, 4) is 0 Å². The summed E-state index contributed by atoms with van der Waals surface area (Å²) >= 11 is 0. The van der Waals surface area contributed by atoms with Gasteiger partial charge in [0.15, 0.2) is 15.5 Å². The van der Waals surface area contributed by atoms with Crippen molar-refractivity contribution < 1.29 is 23.1 Å². The number of carbonyl (C=O) groups excluding carboxylic acids is 1. The molecule has 0 aromatic carbocycles. The van der Waals surface area contributed by atoms with Crippen LogP contribution in [-0.4, -0.2) is 57.4 Å². The quantitative estimate of drug-likeness (QED) is 0.704. The number of nitrogens with one attached hydrogen (secondary N) is 1. The average Bonchev–Trinajstić information content (AvgIpc) is 2.83. The van der Waals surface area contributed by atoms with Gasteiger partial charge in [-0.1, -0.05) is 5.21 Å². The number of sulfone groups is 1. The van der Waals surface area contributed by atoms with E-state index in [9.17, 15) is 18.0 Å². The van der Waals surface area contributed by atoms with Crippen molar-refractivity contribution >= 4 is 21.7 Å². The largest absolute Gasteiger partial charge is 0.476 e. The summed E-state index contributed by atoms with van der Waals surface area (Å²) in [6, 6.07) is 0. The van der Waals surface area contributed by atoms with Crippen LogP contribution in [0.2, 0.25) is 0 Å². The van der Waals surface area contributed by atoms with Gasteiger partial charge in [0.05, 0.1) is 23.2 Å². The van der Waals surface area contributed by atoms with Crippen LogP contribution in [0.4, 0.5) is 0 Å². The predicted octanol–water partition coefficient (Wildman–Crippen LogP) is -1.33. The molecule has 1 aliphatic heterocycles. The lowest BCUT2D eigenvalue weighted by Crippen LogP contribution is -2.48. The van der Waals surface area contributed by atoms with Gasteiger partial charge in [0, 0.05) is 0 Å². The smallest absolute Gasteiger partial charge is 0.358 e. The zero-order valence-electron chi connectivity index (χ0n) is 10.7. The van der Waals surface area contributed by atoms with Crippen LogP contribution in [0.15, 0.2) is 6.20 Å². The van der Waals surface area contributed by atoms with E-state index in [4.69, 9.17) is 5.11 Å². The third-order valence-corrected chi connectivity index (χ3v) is 4.91. The molecule has 1 aromatic heterocycles. The molecule has 0 radical (unpaired) electrons. The number of aromatic nitrogens is 3. The van der Waals surface area contributed by atoms with Crippen LogP contribution in [0.1, 0.15) is 23.8 Å². The summed E-state index contributed by atoms with van der Waals surface area (Å²) in [5, 5.41) is 18.2. The van der Waals surface area contributed by atoms with E-state index in [1.54, 1.807) is 6.92 Å². The van der Waals surface area contributed by atoms with Gasteiger partial charge in [-0.05, 0) is 13.3 Å². The summed E-state index contributed by atoms with van der Waals surface area (Å²) < 4.78 is 23.9. The van der Waals surface area contributed by atoms with Crippen LogP contribution in [0, 0.1) is 0 Å². The minimum absolute atomic E-state index is 0.0519. The fourth-order valence-corrected chi connectivity index (χ4v) is 4.20. The maximum atomic E-state index is 11.8. The maximum Gasteiger partial charge on any atom is 0.358 e. The molecule has 1 aliphatic rings. The second-order valence-electron chi connectivity index (χ2n) is 5.06. The second kappa shape index (κ2) is 4.85. The summed E-state index contributed by atoms with van der Waals surface area (Å²) in [4.78, 5) is 22.4. The molecule has 1 atom stereocenters. The molecule has 0 saturated carbocycles. The van der Waals surface area contributed by atoms with Crippen molar-refractivity contribution in [1.82, 2.24) is 20.3 Å². The number of nitrogens with zero attached hydrogens (tertiary/aromatic N) is 3. The fraction of sp³-hybridized carbons (Fsp3) is 0.600. The Kier molecular flexibility index (Phi) is 3.50. The van der Waals surface area contributed by atoms with E-state index in [1.165, 1.54) is 0 Å². The third kappa shape index (κ3) is 3.32. The molecule has 2 heterocycles. The Morgan fingerprint density at radius 2 is 2.25 bits per heavy atom. The second-order valence-corrected chi connectivity index (χ2v) is 7.24. The van der Waals surface area contributed by atoms with Crippen molar-refractivity contribution in [3.63, 3.8) is 0 Å². The van der Waals surface area contributed by atoms with Crippen LogP contribution >= 0.6 is 0 Å². The van der Waals surface area contributed by atoms with E-state index in [0.717, 1.165) is 10.9 Å². The Morgan fingerprint density at radius 1 is 1.55 bits per heavy atom. The van der Waals surface area contributed by atoms with Gasteiger partial charge in [-0.25, -0.2) is 17.9 Å². The maximum absolute atomic E-state index is 11.8. The number of carboxylic acids is 1. The van der Waals surface area contributed by atoms with E-state index in [-0.39, 0.29) is 23.7 Å². The molecule has 2 rings (SSSR count). The highest BCUT2D eigenvalue weighted by atomic mass is 32.2. The van der Waals surface area contributed by atoms with Crippen molar-refractivity contribution in [3.05, 3.63) is 11.9 Å². The van der Waals surface area contributed by atoms with Crippen LogP contribution < -0.4 is 5.32 Å². The summed E-state index contributed by atoms with van der Waals surface area (Å²) in [7, 11) is -3.11. The van der Waals surface area contributed by atoms with Gasteiger partial charge >= 0.3 is 5.97 Å². The monoisotopic (exact) mass is 302 g/mol. The van der Waals surface area contributed by atoms with E-state index in [1.807, 2.05) is 0 Å². The first-order chi connectivity index (χ1) is 9.19. The number of aromatic carboxylic acids is 1. The molecule has 0 bridgehead atoms. The summed E-state index contributed by atoms with van der Waals surface area (Å²) in [6.07, 6.45) is 1.49. The predicted molar refractivity (Wildman–Crippen MR) is 66.8 cm³/mol. The molecule has 110 valence electrons. The van der Waals surface area contributed by atoms with Crippen molar-refractivity contribution in [2.75, 3.05) is 11.5 Å². The Morgan fingerprint density at radius 3 is 2.75 bits per heavy atom. The van der Waals surface area contributed by atoms with E-state index < -0.39 is 27.3 Å². The van der Waals surface area contributed by atoms with Crippen molar-refractivity contribution in [1.29, 1.82) is 0 Å². The normalized spacial score (nSPS) is 24.4. The van der Waals surface area contributed by atoms with Crippen LogP contribution in [0.3, 0.4) is 0 Å². The van der Waals surface area contributed by atoms with Gasteiger partial charge in [0.25, 0.3) is 0 Å². The Labute approximate surface area is 114 Å². The molecule has 0 aliphatic carbocycles. The van der Waals surface area contributed by atoms with Crippen molar-refractivity contribution in [2.24, 2.45) is 0 Å². The SMILES string of the molecule is CC1(NC(=O)Cn2cc(C(=O)O)nn2)CCS(=O)(=O)C1. The minimum atomic E-state index is -3.11. The average molecular weight is 302 g/mol. The summed E-state index contributed by atoms with van der Waals surface area (Å²) in [5.41, 5.74) is -1.04. The molecule has 1 amide bonds. The lowest BCUT2D eigenvalue weighted by atomic mass is 10.0. The number of carbonyl (C=O) groups is 2. The van der Waals surface area contributed by atoms with Crippen LogP contribution in [0.25, 0.3) is 0 Å². The zero-order valence-corrected chi connectivity index (χ0v) is 11.6. The van der Waals surface area contributed by atoms with Gasteiger partial charge in [0.1, 0.15) is 6.54 Å². The molecule has 1 aromatic rings. The number of hydrogen-bond acceptors (Lipinski definition) is 6. The van der Waals surface area contributed by atoms with E-state index in [0.29, 0.717) is 6.42 Å². The molecule has 9 nitrogen and oxygen atoms in total. The summed E-state index contributed by atoms with van der Waals surface area (Å²) in [6.45, 7) is 1.45. The van der Waals surface area contributed by atoms with E-state index >= 15 is 0 Å². The molecule has 1 saturated heterocycles. The first-order valence-electron chi connectivity index (χ1n) is 5.84.